The molecule has 43 heavy (non-hydrogen) atoms. The van der Waals surface area contributed by atoms with Gasteiger partial charge in [0.25, 0.3) is 11.6 Å². The van der Waals surface area contributed by atoms with E-state index in [0.717, 1.165) is 5.56 Å². The van der Waals surface area contributed by atoms with Crippen molar-refractivity contribution in [2.75, 3.05) is 11.9 Å². The second-order valence-corrected chi connectivity index (χ2v) is 9.89. The summed E-state index contributed by atoms with van der Waals surface area (Å²) in [5.74, 6) is 0.513. The van der Waals surface area contributed by atoms with E-state index in [1.54, 1.807) is 61.5 Å². The zero-order valence-electron chi connectivity index (χ0n) is 22.9. The quantitative estimate of drug-likeness (QED) is 0.0738. The Hall–Kier alpha value is -5.04. The van der Waals surface area contributed by atoms with Crippen LogP contribution in [0.25, 0.3) is 6.08 Å². The number of non-ortho nitro benzene ring substituents is 1. The summed E-state index contributed by atoms with van der Waals surface area (Å²) in [6.07, 6.45) is 1.39. The third-order valence-corrected chi connectivity index (χ3v) is 6.48. The molecular formula is C32H25Cl2N3O6. The Morgan fingerprint density at radius 1 is 0.953 bits per heavy atom. The first-order valence-electron chi connectivity index (χ1n) is 13.0. The molecule has 0 bridgehead atoms. The minimum atomic E-state index is -0.614. The van der Waals surface area contributed by atoms with Gasteiger partial charge in [-0.1, -0.05) is 47.5 Å². The van der Waals surface area contributed by atoms with Crippen molar-refractivity contribution in [1.29, 1.82) is 5.26 Å². The van der Waals surface area contributed by atoms with E-state index in [4.69, 9.17) is 37.4 Å². The Balaban J connectivity index is 1.44. The van der Waals surface area contributed by atoms with Crippen LogP contribution in [0.3, 0.4) is 0 Å². The van der Waals surface area contributed by atoms with Gasteiger partial charge >= 0.3 is 0 Å². The van der Waals surface area contributed by atoms with Crippen LogP contribution in [-0.2, 0) is 18.0 Å². The number of hydrogen-bond donors (Lipinski definition) is 1. The molecule has 4 aromatic rings. The van der Waals surface area contributed by atoms with Crippen LogP contribution in [0.4, 0.5) is 11.4 Å². The number of nitrogens with zero attached hydrogens (tertiary/aromatic N) is 2. The maximum Gasteiger partial charge on any atom is 0.269 e. The van der Waals surface area contributed by atoms with Crippen molar-refractivity contribution in [3.8, 4) is 23.3 Å². The number of nitro groups is 1. The molecule has 0 unspecified atom stereocenters. The third kappa shape index (κ3) is 8.72. The van der Waals surface area contributed by atoms with E-state index in [2.05, 4.69) is 5.32 Å². The zero-order valence-corrected chi connectivity index (χ0v) is 24.4. The van der Waals surface area contributed by atoms with Crippen molar-refractivity contribution < 1.29 is 23.9 Å². The van der Waals surface area contributed by atoms with E-state index < -0.39 is 10.8 Å². The third-order valence-electron chi connectivity index (χ3n) is 5.94. The zero-order chi connectivity index (χ0) is 30.8. The summed E-state index contributed by atoms with van der Waals surface area (Å²) in [7, 11) is 0. The second kappa shape index (κ2) is 14.7. The molecular weight excluding hydrogens is 593 g/mol. The molecule has 0 radical (unpaired) electrons. The molecule has 4 rings (SSSR count). The molecule has 0 saturated heterocycles. The maximum absolute atomic E-state index is 12.9. The van der Waals surface area contributed by atoms with Crippen LogP contribution in [0.5, 0.6) is 17.2 Å². The number of ether oxygens (including phenoxy) is 3. The predicted octanol–water partition coefficient (Wildman–Crippen LogP) is 8.00. The standard InChI is InChI=1S/C32H25Cl2N3O6/c1-2-41-30-17-23(16-29(34)31(30)43-20-22-4-3-5-27(15-22)37(39)40)14-24(18-35)32(38)36-26-10-12-28(13-11-26)42-19-21-6-8-25(33)9-7-21/h3-17H,2,19-20H2,1H3,(H,36,38)/b24-14+. The normalized spacial score (nSPS) is 10.9. The summed E-state index contributed by atoms with van der Waals surface area (Å²) >= 11 is 12.4. The molecule has 1 amide bonds. The summed E-state index contributed by atoms with van der Waals surface area (Å²) in [6.45, 7) is 2.44. The van der Waals surface area contributed by atoms with Crippen molar-refractivity contribution in [2.24, 2.45) is 0 Å². The van der Waals surface area contributed by atoms with E-state index in [1.807, 2.05) is 18.2 Å². The molecule has 0 aliphatic carbocycles. The lowest BCUT2D eigenvalue weighted by molar-refractivity contribution is -0.384. The fourth-order valence-electron chi connectivity index (χ4n) is 3.89. The van der Waals surface area contributed by atoms with Gasteiger partial charge in [0, 0.05) is 22.8 Å². The fourth-order valence-corrected chi connectivity index (χ4v) is 4.28. The van der Waals surface area contributed by atoms with Gasteiger partial charge in [0.2, 0.25) is 0 Å². The summed E-state index contributed by atoms with van der Waals surface area (Å²) in [5.41, 5.74) is 2.23. The Morgan fingerprint density at radius 3 is 2.35 bits per heavy atom. The molecule has 0 heterocycles. The Bertz CT molecular complexity index is 1680. The number of nitriles is 1. The highest BCUT2D eigenvalue weighted by molar-refractivity contribution is 6.32. The van der Waals surface area contributed by atoms with E-state index in [0.29, 0.717) is 46.5 Å². The van der Waals surface area contributed by atoms with Gasteiger partial charge < -0.3 is 19.5 Å². The van der Waals surface area contributed by atoms with Gasteiger partial charge in [-0.05, 0) is 78.2 Å². The van der Waals surface area contributed by atoms with Crippen LogP contribution in [-0.4, -0.2) is 17.4 Å². The molecule has 0 aromatic heterocycles. The summed E-state index contributed by atoms with van der Waals surface area (Å²) in [5, 5.41) is 24.3. The smallest absolute Gasteiger partial charge is 0.269 e. The summed E-state index contributed by atoms with van der Waals surface area (Å²) in [4.78, 5) is 23.5. The first-order chi connectivity index (χ1) is 20.7. The highest BCUT2D eigenvalue weighted by Gasteiger charge is 2.16. The lowest BCUT2D eigenvalue weighted by Crippen LogP contribution is -2.13. The Labute approximate surface area is 258 Å². The number of rotatable bonds is 12. The number of carbonyl (C=O) groups is 1. The van der Waals surface area contributed by atoms with Gasteiger partial charge in [0.05, 0.1) is 16.6 Å². The first-order valence-corrected chi connectivity index (χ1v) is 13.7. The average Bonchev–Trinajstić information content (AvgIpc) is 3.00. The molecule has 0 aliphatic heterocycles. The van der Waals surface area contributed by atoms with Gasteiger partial charge in [-0.2, -0.15) is 5.26 Å². The minimum Gasteiger partial charge on any atom is -0.490 e. The largest absolute Gasteiger partial charge is 0.490 e. The number of amides is 1. The van der Waals surface area contributed by atoms with Crippen molar-refractivity contribution in [2.45, 2.75) is 20.1 Å². The van der Waals surface area contributed by atoms with Crippen molar-refractivity contribution >= 4 is 46.6 Å². The first kappa shape index (κ1) is 30.9. The van der Waals surface area contributed by atoms with Crippen LogP contribution in [0.2, 0.25) is 10.0 Å². The number of carbonyl (C=O) groups excluding carboxylic acids is 1. The van der Waals surface area contributed by atoms with E-state index in [9.17, 15) is 20.2 Å². The molecule has 11 heteroatoms. The van der Waals surface area contributed by atoms with Crippen LogP contribution in [0, 0.1) is 21.4 Å². The molecule has 4 aromatic carbocycles. The lowest BCUT2D eigenvalue weighted by Gasteiger charge is -2.15. The highest BCUT2D eigenvalue weighted by atomic mass is 35.5. The highest BCUT2D eigenvalue weighted by Crippen LogP contribution is 2.38. The number of benzene rings is 4. The topological polar surface area (TPSA) is 124 Å². The van der Waals surface area contributed by atoms with Gasteiger partial charge in [-0.3, -0.25) is 14.9 Å². The van der Waals surface area contributed by atoms with E-state index >= 15 is 0 Å². The molecule has 0 aliphatic rings. The summed E-state index contributed by atoms with van der Waals surface area (Å²) < 4.78 is 17.3. The molecule has 0 atom stereocenters. The van der Waals surface area contributed by atoms with E-state index in [-0.39, 0.29) is 28.6 Å². The second-order valence-electron chi connectivity index (χ2n) is 9.04. The van der Waals surface area contributed by atoms with Gasteiger partial charge in [-0.25, -0.2) is 0 Å². The summed E-state index contributed by atoms with van der Waals surface area (Å²) in [6, 6.07) is 25.2. The van der Waals surface area contributed by atoms with Crippen LogP contribution < -0.4 is 19.5 Å². The maximum atomic E-state index is 12.9. The van der Waals surface area contributed by atoms with Crippen molar-refractivity contribution in [3.63, 3.8) is 0 Å². The fraction of sp³-hybridized carbons (Fsp3) is 0.125. The van der Waals surface area contributed by atoms with Crippen molar-refractivity contribution in [1.82, 2.24) is 0 Å². The SMILES string of the molecule is CCOc1cc(/C=C(\C#N)C(=O)Nc2ccc(OCc3ccc(Cl)cc3)cc2)cc(Cl)c1OCc1cccc([N+](=O)[O-])c1. The average molecular weight is 618 g/mol. The van der Waals surface area contributed by atoms with Crippen LogP contribution in [0.15, 0.2) is 90.5 Å². The van der Waals surface area contributed by atoms with E-state index in [1.165, 1.54) is 24.3 Å². The lowest BCUT2D eigenvalue weighted by atomic mass is 10.1. The Morgan fingerprint density at radius 2 is 1.67 bits per heavy atom. The number of nitrogens with one attached hydrogen (secondary N) is 1. The van der Waals surface area contributed by atoms with Gasteiger partial charge in [-0.15, -0.1) is 0 Å². The molecule has 0 spiro atoms. The monoisotopic (exact) mass is 617 g/mol. The van der Waals surface area contributed by atoms with Crippen LogP contribution >= 0.6 is 23.2 Å². The molecule has 0 fully saturated rings. The molecule has 218 valence electrons. The molecule has 9 nitrogen and oxygen atoms in total. The van der Waals surface area contributed by atoms with Crippen LogP contribution in [0.1, 0.15) is 23.6 Å². The Kier molecular flexibility index (Phi) is 10.6. The number of anilines is 1. The van der Waals surface area contributed by atoms with Gasteiger partial charge in [0.1, 0.15) is 30.6 Å². The van der Waals surface area contributed by atoms with Crippen molar-refractivity contribution in [3.05, 3.63) is 127 Å². The van der Waals surface area contributed by atoms with Gasteiger partial charge in [0.15, 0.2) is 11.5 Å². The predicted molar refractivity (Wildman–Crippen MR) is 164 cm³/mol. The molecule has 1 N–H and O–H groups in total. The number of hydrogen-bond acceptors (Lipinski definition) is 7. The number of halogens is 2. The number of nitro benzene ring substituents is 1. The minimum absolute atomic E-state index is 0.00741. The molecule has 0 saturated carbocycles.